The molecule has 1 aromatic rings. The molecule has 0 saturated carbocycles. The molecule has 0 amide bonds. The van der Waals surface area contributed by atoms with E-state index in [0.717, 1.165) is 18.2 Å². The highest BCUT2D eigenvalue weighted by Gasteiger charge is 2.31. The number of halogens is 3. The normalized spacial score (nSPS) is 12.9. The van der Waals surface area contributed by atoms with Gasteiger partial charge in [-0.3, -0.25) is 0 Å². The fourth-order valence-electron chi connectivity index (χ4n) is 1.26. The van der Waals surface area contributed by atoms with E-state index in [1.54, 1.807) is 6.07 Å². The quantitative estimate of drug-likeness (QED) is 0.763. The Hall–Kier alpha value is -1.78. The van der Waals surface area contributed by atoms with Crippen molar-refractivity contribution < 1.29 is 23.4 Å². The van der Waals surface area contributed by atoms with Crippen molar-refractivity contribution in [3.63, 3.8) is 0 Å². The van der Waals surface area contributed by atoms with Gasteiger partial charge in [-0.1, -0.05) is 0 Å². The van der Waals surface area contributed by atoms with Gasteiger partial charge in [0.05, 0.1) is 29.5 Å². The molecule has 0 aliphatic heterocycles. The van der Waals surface area contributed by atoms with Gasteiger partial charge in [-0.2, -0.15) is 18.4 Å². The van der Waals surface area contributed by atoms with Crippen molar-refractivity contribution in [3.05, 3.63) is 29.3 Å². The summed E-state index contributed by atoms with van der Waals surface area (Å²) in [5.74, 6) is 0. The number of hydrogen-bond donors (Lipinski definition) is 3. The average molecular weight is 260 g/mol. The molecule has 98 valence electrons. The van der Waals surface area contributed by atoms with Gasteiger partial charge in [0.25, 0.3) is 0 Å². The lowest BCUT2D eigenvalue weighted by molar-refractivity contribution is -0.137. The number of nitrogens with one attached hydrogen (secondary N) is 1. The summed E-state index contributed by atoms with van der Waals surface area (Å²) in [6.07, 6.45) is -5.61. The third-order valence-electron chi connectivity index (χ3n) is 2.21. The Bertz CT molecular complexity index is 455. The summed E-state index contributed by atoms with van der Waals surface area (Å²) in [5, 5.41) is 28.9. The van der Waals surface area contributed by atoms with Crippen molar-refractivity contribution in [1.82, 2.24) is 0 Å². The highest BCUT2D eigenvalue weighted by Crippen LogP contribution is 2.32. The van der Waals surface area contributed by atoms with E-state index in [-0.39, 0.29) is 17.8 Å². The predicted octanol–water partition coefficient (Wildman–Crippen LogP) is 1.34. The Morgan fingerprint density at radius 1 is 1.39 bits per heavy atom. The lowest BCUT2D eigenvalue weighted by Gasteiger charge is -2.14. The molecule has 18 heavy (non-hydrogen) atoms. The molecular weight excluding hydrogens is 249 g/mol. The molecule has 1 atom stereocenters. The number of alkyl halides is 3. The van der Waals surface area contributed by atoms with Crippen molar-refractivity contribution in [3.8, 4) is 6.07 Å². The second kappa shape index (κ2) is 5.71. The summed E-state index contributed by atoms with van der Waals surface area (Å²) >= 11 is 0. The summed E-state index contributed by atoms with van der Waals surface area (Å²) < 4.78 is 37.4. The third-order valence-corrected chi connectivity index (χ3v) is 2.21. The van der Waals surface area contributed by atoms with Crippen LogP contribution in [0.3, 0.4) is 0 Å². The zero-order valence-corrected chi connectivity index (χ0v) is 9.20. The van der Waals surface area contributed by atoms with Crippen LogP contribution in [0.2, 0.25) is 0 Å². The van der Waals surface area contributed by atoms with E-state index in [2.05, 4.69) is 5.32 Å². The van der Waals surface area contributed by atoms with Crippen LogP contribution in [0.15, 0.2) is 18.2 Å². The standard InChI is InChI=1S/C11H11F3N2O2/c12-11(13,14)8-2-1-7(4-15)10(3-8)16-5-9(18)6-17/h1-3,9,16-18H,5-6H2. The fraction of sp³-hybridized carbons (Fsp3) is 0.364. The lowest BCUT2D eigenvalue weighted by atomic mass is 10.1. The zero-order chi connectivity index (χ0) is 13.8. The first-order valence-corrected chi connectivity index (χ1v) is 5.02. The Labute approximate surface area is 101 Å². The molecule has 0 radical (unpaired) electrons. The molecule has 4 nitrogen and oxygen atoms in total. The summed E-state index contributed by atoms with van der Waals surface area (Å²) in [5.41, 5.74) is -0.879. The molecule has 0 spiro atoms. The number of nitrogens with zero attached hydrogens (tertiary/aromatic N) is 1. The van der Waals surface area contributed by atoms with Crippen molar-refractivity contribution in [2.75, 3.05) is 18.5 Å². The van der Waals surface area contributed by atoms with Gasteiger partial charge in [0.2, 0.25) is 0 Å². The molecule has 7 heteroatoms. The molecule has 3 N–H and O–H groups in total. The number of benzene rings is 1. The van der Waals surface area contributed by atoms with Gasteiger partial charge >= 0.3 is 6.18 Å². The smallest absolute Gasteiger partial charge is 0.394 e. The number of hydrogen-bond acceptors (Lipinski definition) is 4. The summed E-state index contributed by atoms with van der Waals surface area (Å²) in [7, 11) is 0. The number of aliphatic hydroxyl groups is 2. The SMILES string of the molecule is N#Cc1ccc(C(F)(F)F)cc1NCC(O)CO. The van der Waals surface area contributed by atoms with Crippen molar-refractivity contribution in [2.24, 2.45) is 0 Å². The maximum Gasteiger partial charge on any atom is 0.416 e. The first kappa shape index (κ1) is 14.3. The molecule has 0 aliphatic carbocycles. The molecule has 0 heterocycles. The molecule has 0 saturated heterocycles. The van der Waals surface area contributed by atoms with E-state index in [9.17, 15) is 13.2 Å². The van der Waals surface area contributed by atoms with Crippen molar-refractivity contribution >= 4 is 5.69 Å². The molecule has 0 bridgehead atoms. The largest absolute Gasteiger partial charge is 0.416 e. The monoisotopic (exact) mass is 260 g/mol. The third kappa shape index (κ3) is 3.61. The summed E-state index contributed by atoms with van der Waals surface area (Å²) in [4.78, 5) is 0. The number of nitriles is 1. The van der Waals surface area contributed by atoms with Gasteiger partial charge in [0.1, 0.15) is 6.07 Å². The summed E-state index contributed by atoms with van der Waals surface area (Å²) in [6, 6.07) is 4.40. The van der Waals surface area contributed by atoms with Crippen LogP contribution in [-0.2, 0) is 6.18 Å². The van der Waals surface area contributed by atoms with E-state index < -0.39 is 24.5 Å². The lowest BCUT2D eigenvalue weighted by Crippen LogP contribution is -2.23. The Kier molecular flexibility index (Phi) is 4.53. The van der Waals surface area contributed by atoms with Gasteiger partial charge in [0, 0.05) is 6.54 Å². The van der Waals surface area contributed by atoms with Crippen LogP contribution in [-0.4, -0.2) is 29.5 Å². The van der Waals surface area contributed by atoms with E-state index in [4.69, 9.17) is 15.5 Å². The van der Waals surface area contributed by atoms with Crippen LogP contribution >= 0.6 is 0 Å². The van der Waals surface area contributed by atoms with Crippen LogP contribution in [0.5, 0.6) is 0 Å². The molecule has 1 aromatic carbocycles. The average Bonchev–Trinajstić information content (AvgIpc) is 2.34. The van der Waals surface area contributed by atoms with Crippen molar-refractivity contribution in [2.45, 2.75) is 12.3 Å². The maximum absolute atomic E-state index is 12.5. The number of aliphatic hydroxyl groups excluding tert-OH is 2. The number of rotatable bonds is 4. The van der Waals surface area contributed by atoms with Crippen LogP contribution in [0.1, 0.15) is 11.1 Å². The number of anilines is 1. The van der Waals surface area contributed by atoms with Gasteiger partial charge in [-0.25, -0.2) is 0 Å². The van der Waals surface area contributed by atoms with Crippen LogP contribution in [0.4, 0.5) is 18.9 Å². The Morgan fingerprint density at radius 3 is 2.56 bits per heavy atom. The van der Waals surface area contributed by atoms with E-state index in [0.29, 0.717) is 0 Å². The van der Waals surface area contributed by atoms with Gasteiger partial charge < -0.3 is 15.5 Å². The van der Waals surface area contributed by atoms with Gasteiger partial charge in [-0.15, -0.1) is 0 Å². The van der Waals surface area contributed by atoms with Crippen LogP contribution in [0.25, 0.3) is 0 Å². The maximum atomic E-state index is 12.5. The fourth-order valence-corrected chi connectivity index (χ4v) is 1.26. The Morgan fingerprint density at radius 2 is 2.06 bits per heavy atom. The molecular formula is C11H11F3N2O2. The zero-order valence-electron chi connectivity index (χ0n) is 9.20. The first-order valence-electron chi connectivity index (χ1n) is 5.02. The predicted molar refractivity (Wildman–Crippen MR) is 57.7 cm³/mol. The van der Waals surface area contributed by atoms with E-state index >= 15 is 0 Å². The van der Waals surface area contributed by atoms with Crippen molar-refractivity contribution in [1.29, 1.82) is 5.26 Å². The minimum atomic E-state index is -4.50. The summed E-state index contributed by atoms with van der Waals surface area (Å²) in [6.45, 7) is -0.666. The van der Waals surface area contributed by atoms with E-state index in [1.807, 2.05) is 0 Å². The minimum Gasteiger partial charge on any atom is -0.394 e. The highest BCUT2D eigenvalue weighted by atomic mass is 19.4. The van der Waals surface area contributed by atoms with Gasteiger partial charge in [-0.05, 0) is 18.2 Å². The first-order chi connectivity index (χ1) is 8.38. The molecule has 0 aromatic heterocycles. The molecule has 0 aliphatic rings. The van der Waals surface area contributed by atoms with Gasteiger partial charge in [0.15, 0.2) is 0 Å². The second-order valence-electron chi connectivity index (χ2n) is 3.59. The van der Waals surface area contributed by atoms with Crippen LogP contribution < -0.4 is 5.32 Å². The van der Waals surface area contributed by atoms with Crippen LogP contribution in [0, 0.1) is 11.3 Å². The topological polar surface area (TPSA) is 76.3 Å². The minimum absolute atomic E-state index is 0.0279. The molecule has 0 fully saturated rings. The highest BCUT2D eigenvalue weighted by molar-refractivity contribution is 5.59. The van der Waals surface area contributed by atoms with E-state index in [1.165, 1.54) is 0 Å². The molecule has 1 rings (SSSR count). The Balaban J connectivity index is 2.97. The molecule has 1 unspecified atom stereocenters. The second-order valence-corrected chi connectivity index (χ2v) is 3.59.